The fourth-order valence-electron chi connectivity index (χ4n) is 7.68. The Labute approximate surface area is 264 Å². The summed E-state index contributed by atoms with van der Waals surface area (Å²) in [7, 11) is 0. The van der Waals surface area contributed by atoms with E-state index in [0.29, 0.717) is 0 Å². The summed E-state index contributed by atoms with van der Waals surface area (Å²) in [6, 6.07) is 33.5. The van der Waals surface area contributed by atoms with E-state index in [2.05, 4.69) is 153 Å². The molecule has 2 heteroatoms. The Kier molecular flexibility index (Phi) is 7.80. The van der Waals surface area contributed by atoms with Crippen molar-refractivity contribution in [2.24, 2.45) is 0 Å². The topological polar surface area (TPSA) is 12.9 Å². The van der Waals surface area contributed by atoms with Gasteiger partial charge in [-0.3, -0.25) is 0 Å². The molecule has 6 rings (SSSR count). The number of nitrogens with zero attached hydrogens (tertiary/aromatic N) is 1. The highest BCUT2D eigenvalue weighted by Gasteiger charge is 2.31. The predicted molar refractivity (Wildman–Crippen MR) is 193 cm³/mol. The van der Waals surface area contributed by atoms with Gasteiger partial charge in [0, 0.05) is 10.9 Å². The molecule has 0 fully saturated rings. The first-order chi connectivity index (χ1) is 21.0. The van der Waals surface area contributed by atoms with Crippen molar-refractivity contribution in [3.63, 3.8) is 0 Å². The second kappa shape index (κ2) is 11.6. The lowest BCUT2D eigenvalue weighted by atomic mass is 9.33. The summed E-state index contributed by atoms with van der Waals surface area (Å²) in [5.74, 6) is 0. The molecule has 0 radical (unpaired) electrons. The molecule has 0 aliphatic carbocycles. The number of benzene rings is 5. The Morgan fingerprint density at radius 2 is 0.886 bits per heavy atom. The summed E-state index contributed by atoms with van der Waals surface area (Å²) in [4.78, 5) is 5.31. The molecule has 0 aliphatic rings. The zero-order chi connectivity index (χ0) is 31.3. The van der Waals surface area contributed by atoms with E-state index >= 15 is 0 Å². The van der Waals surface area contributed by atoms with Crippen LogP contribution in [0, 0.1) is 62.3 Å². The van der Waals surface area contributed by atoms with Crippen LogP contribution in [0.1, 0.15) is 50.1 Å². The van der Waals surface area contributed by atoms with Crippen molar-refractivity contribution in [3.05, 3.63) is 141 Å². The van der Waals surface area contributed by atoms with E-state index in [4.69, 9.17) is 4.98 Å². The van der Waals surface area contributed by atoms with Gasteiger partial charge in [0.2, 0.25) is 6.71 Å². The SMILES string of the molecule is Cc1cc(C)c(B(c2c(C)cc(C)cc2C)c2c(C)cc3nc(-c4ccc(-c5ccccc5)cc4)c(C)cc3c2C)c(C)c1. The zero-order valence-electron chi connectivity index (χ0n) is 27.7. The zero-order valence-corrected chi connectivity index (χ0v) is 27.7. The van der Waals surface area contributed by atoms with Crippen molar-refractivity contribution < 1.29 is 0 Å². The Bertz CT molecular complexity index is 1930. The molecule has 6 aromatic rings. The number of aryl methyl sites for hydroxylation is 9. The van der Waals surface area contributed by atoms with Gasteiger partial charge >= 0.3 is 0 Å². The summed E-state index contributed by atoms with van der Waals surface area (Å²) in [5.41, 5.74) is 21.8. The van der Waals surface area contributed by atoms with Crippen LogP contribution in [0.15, 0.2) is 91.0 Å². The van der Waals surface area contributed by atoms with Gasteiger partial charge in [-0.2, -0.15) is 0 Å². The van der Waals surface area contributed by atoms with Gasteiger partial charge in [-0.25, -0.2) is 4.98 Å². The fourth-order valence-corrected chi connectivity index (χ4v) is 7.68. The van der Waals surface area contributed by atoms with Gasteiger partial charge in [-0.1, -0.05) is 134 Å². The van der Waals surface area contributed by atoms with Crippen LogP contribution < -0.4 is 16.4 Å². The molecule has 0 spiro atoms. The molecule has 0 saturated carbocycles. The van der Waals surface area contributed by atoms with E-state index in [1.54, 1.807) is 0 Å². The van der Waals surface area contributed by atoms with E-state index in [0.717, 1.165) is 16.8 Å². The number of fused-ring (bicyclic) bond motifs is 1. The van der Waals surface area contributed by atoms with E-state index < -0.39 is 0 Å². The molecule has 218 valence electrons. The van der Waals surface area contributed by atoms with E-state index in [-0.39, 0.29) is 6.71 Å². The highest BCUT2D eigenvalue weighted by atomic mass is 14.7. The van der Waals surface area contributed by atoms with Crippen LogP contribution in [0.4, 0.5) is 0 Å². The average molecular weight is 572 g/mol. The number of rotatable bonds is 5. The normalized spacial score (nSPS) is 11.3. The minimum absolute atomic E-state index is 0.145. The van der Waals surface area contributed by atoms with Crippen molar-refractivity contribution in [1.29, 1.82) is 0 Å². The van der Waals surface area contributed by atoms with Gasteiger partial charge in [0.05, 0.1) is 11.2 Å². The second-order valence-electron chi connectivity index (χ2n) is 13.0. The molecule has 5 aromatic carbocycles. The van der Waals surface area contributed by atoms with Gasteiger partial charge in [0.1, 0.15) is 0 Å². The Balaban J connectivity index is 1.55. The Morgan fingerprint density at radius 3 is 1.41 bits per heavy atom. The van der Waals surface area contributed by atoms with Crippen LogP contribution in [-0.4, -0.2) is 11.7 Å². The molecule has 1 aromatic heterocycles. The number of hydrogen-bond donors (Lipinski definition) is 0. The van der Waals surface area contributed by atoms with Crippen LogP contribution in [0.25, 0.3) is 33.3 Å². The minimum atomic E-state index is 0.145. The maximum atomic E-state index is 5.31. The first-order valence-electron chi connectivity index (χ1n) is 15.8. The lowest BCUT2D eigenvalue weighted by Gasteiger charge is -2.28. The van der Waals surface area contributed by atoms with Gasteiger partial charge < -0.3 is 0 Å². The van der Waals surface area contributed by atoms with Crippen LogP contribution in [0.3, 0.4) is 0 Å². The van der Waals surface area contributed by atoms with Crippen molar-refractivity contribution in [2.75, 3.05) is 0 Å². The van der Waals surface area contributed by atoms with Crippen molar-refractivity contribution in [2.45, 2.75) is 62.3 Å². The van der Waals surface area contributed by atoms with Crippen molar-refractivity contribution >= 4 is 34.0 Å². The maximum absolute atomic E-state index is 5.31. The molecule has 0 unspecified atom stereocenters. The number of hydrogen-bond acceptors (Lipinski definition) is 1. The molecule has 0 aliphatic heterocycles. The lowest BCUT2D eigenvalue weighted by Crippen LogP contribution is -2.57. The molecule has 0 saturated heterocycles. The molecule has 0 N–H and O–H groups in total. The van der Waals surface area contributed by atoms with E-state index in [9.17, 15) is 0 Å². The third kappa shape index (κ3) is 5.28. The third-order valence-electron chi connectivity index (χ3n) is 9.44. The molecular weight excluding hydrogens is 529 g/mol. The standard InChI is InChI=1S/C42H42BN/c1-25-19-27(3)39(28(4)20-25)43(40-29(5)21-26(2)22-30(40)6)41-31(7)24-38-37(33(41)9)23-32(8)42(44-38)36-17-15-35(16-18-36)34-13-11-10-12-14-34/h10-24H,1-9H3. The first-order valence-corrected chi connectivity index (χ1v) is 15.8. The summed E-state index contributed by atoms with van der Waals surface area (Å²) >= 11 is 0. The van der Waals surface area contributed by atoms with E-state index in [1.165, 1.54) is 83.0 Å². The molecular formula is C42H42BN. The molecule has 1 heterocycles. The van der Waals surface area contributed by atoms with Crippen LogP contribution in [-0.2, 0) is 0 Å². The Morgan fingerprint density at radius 1 is 0.432 bits per heavy atom. The lowest BCUT2D eigenvalue weighted by molar-refractivity contribution is 1.31. The van der Waals surface area contributed by atoms with Crippen LogP contribution in [0.2, 0.25) is 0 Å². The van der Waals surface area contributed by atoms with Gasteiger partial charge in [0.15, 0.2) is 0 Å². The monoisotopic (exact) mass is 571 g/mol. The summed E-state index contributed by atoms with van der Waals surface area (Å²) in [5, 5.41) is 1.24. The number of pyridine rings is 1. The third-order valence-corrected chi connectivity index (χ3v) is 9.44. The quantitative estimate of drug-likeness (QED) is 0.188. The van der Waals surface area contributed by atoms with Crippen molar-refractivity contribution in [3.8, 4) is 22.4 Å². The highest BCUT2D eigenvalue weighted by molar-refractivity contribution is 6.97. The smallest absolute Gasteiger partial charge is 0.243 e. The molecule has 0 bridgehead atoms. The summed E-state index contributed by atoms with van der Waals surface area (Å²) in [6.07, 6.45) is 0. The molecule has 1 nitrogen and oxygen atoms in total. The first kappa shape index (κ1) is 29.6. The van der Waals surface area contributed by atoms with Crippen molar-refractivity contribution in [1.82, 2.24) is 4.98 Å². The average Bonchev–Trinajstić information content (AvgIpc) is 2.97. The van der Waals surface area contributed by atoms with Gasteiger partial charge in [-0.15, -0.1) is 0 Å². The molecule has 0 atom stereocenters. The van der Waals surface area contributed by atoms with E-state index in [1.807, 2.05) is 0 Å². The van der Waals surface area contributed by atoms with Crippen LogP contribution in [0.5, 0.6) is 0 Å². The minimum Gasteiger partial charge on any atom is -0.247 e. The maximum Gasteiger partial charge on any atom is 0.243 e. The molecule has 44 heavy (non-hydrogen) atoms. The number of aromatic nitrogens is 1. The molecule has 0 amide bonds. The summed E-state index contributed by atoms with van der Waals surface area (Å²) in [6.45, 7) is 20.5. The van der Waals surface area contributed by atoms with Gasteiger partial charge in [0.25, 0.3) is 0 Å². The summed E-state index contributed by atoms with van der Waals surface area (Å²) < 4.78 is 0. The predicted octanol–water partition coefficient (Wildman–Crippen LogP) is 8.86. The van der Waals surface area contributed by atoms with Crippen LogP contribution >= 0.6 is 0 Å². The Hall–Kier alpha value is -4.43. The fraction of sp³-hybridized carbons (Fsp3) is 0.214. The largest absolute Gasteiger partial charge is 0.247 e. The van der Waals surface area contributed by atoms with Gasteiger partial charge in [-0.05, 0) is 96.7 Å². The highest BCUT2D eigenvalue weighted by Crippen LogP contribution is 2.30. The second-order valence-corrected chi connectivity index (χ2v) is 13.0.